The van der Waals surface area contributed by atoms with E-state index in [2.05, 4.69) is 19.1 Å². The van der Waals surface area contributed by atoms with Gasteiger partial charge in [0.1, 0.15) is 11.6 Å². The number of carbonyl (C=O) groups excluding carboxylic acids is 1. The van der Waals surface area contributed by atoms with Crippen LogP contribution in [0.15, 0.2) is 36.4 Å². The van der Waals surface area contributed by atoms with Crippen molar-refractivity contribution in [2.24, 2.45) is 11.8 Å². The second-order valence-corrected chi connectivity index (χ2v) is 12.3. The van der Waals surface area contributed by atoms with Crippen LogP contribution in [-0.4, -0.2) is 26.8 Å². The van der Waals surface area contributed by atoms with Crippen LogP contribution in [0.1, 0.15) is 124 Å². The molecule has 2 aliphatic rings. The minimum atomic E-state index is -0.0619. The molecule has 40 heavy (non-hydrogen) atoms. The molecule has 2 aromatic rings. The van der Waals surface area contributed by atoms with E-state index in [-0.39, 0.29) is 23.5 Å². The molecular formula is C35H48F2O3. The highest BCUT2D eigenvalue weighted by Gasteiger charge is 2.28. The van der Waals surface area contributed by atoms with Gasteiger partial charge >= 0.3 is 0 Å². The van der Waals surface area contributed by atoms with Gasteiger partial charge in [-0.2, -0.15) is 0 Å². The van der Waals surface area contributed by atoms with Crippen molar-refractivity contribution in [3.63, 3.8) is 0 Å². The van der Waals surface area contributed by atoms with Crippen molar-refractivity contribution in [2.75, 3.05) is 20.3 Å². The van der Waals surface area contributed by atoms with Crippen LogP contribution in [0, 0.1) is 23.5 Å². The van der Waals surface area contributed by atoms with Crippen LogP contribution in [0.4, 0.5) is 8.78 Å². The van der Waals surface area contributed by atoms with Crippen molar-refractivity contribution in [3.8, 4) is 0 Å². The Morgan fingerprint density at radius 2 is 1.45 bits per heavy atom. The van der Waals surface area contributed by atoms with Gasteiger partial charge in [-0.25, -0.2) is 8.78 Å². The van der Waals surface area contributed by atoms with Crippen LogP contribution < -0.4 is 0 Å². The molecule has 0 N–H and O–H groups in total. The molecule has 1 unspecified atom stereocenters. The summed E-state index contributed by atoms with van der Waals surface area (Å²) in [6.45, 7) is 3.69. The number of halogens is 2. The van der Waals surface area contributed by atoms with Gasteiger partial charge in [0.2, 0.25) is 0 Å². The molecule has 1 atom stereocenters. The van der Waals surface area contributed by atoms with Crippen molar-refractivity contribution in [1.82, 2.24) is 0 Å². The molecular weight excluding hydrogens is 506 g/mol. The Morgan fingerprint density at radius 3 is 2.05 bits per heavy atom. The Labute approximate surface area is 240 Å². The van der Waals surface area contributed by atoms with Gasteiger partial charge in [-0.05, 0) is 129 Å². The summed E-state index contributed by atoms with van der Waals surface area (Å²) in [4.78, 5) is 10.6. The minimum absolute atomic E-state index is 0.0586. The van der Waals surface area contributed by atoms with Crippen molar-refractivity contribution in [1.29, 1.82) is 0 Å². The lowest BCUT2D eigenvalue weighted by Gasteiger charge is -2.32. The van der Waals surface area contributed by atoms with E-state index in [9.17, 15) is 9.18 Å². The van der Waals surface area contributed by atoms with Gasteiger partial charge in [-0.15, -0.1) is 0 Å². The first-order valence-electron chi connectivity index (χ1n) is 15.6. The standard InChI is InChI=1S/C35H48F2O3/c1-3-4-5-6-30-15-16-31(20-34(30)36)28-11-13-29(14-12-28)33-18-17-32(21-35(33)37)27-9-7-25(8-10-27)19-26(22-39-2)23-40-24-38/h15-18,20-21,24-29H,3-14,19,22-23H2,1-2H3. The molecule has 0 aromatic heterocycles. The normalized spacial score (nSPS) is 24.0. The molecule has 0 aliphatic heterocycles. The van der Waals surface area contributed by atoms with Crippen LogP contribution >= 0.6 is 0 Å². The molecule has 0 spiro atoms. The van der Waals surface area contributed by atoms with Gasteiger partial charge < -0.3 is 9.47 Å². The number of hydrogen-bond acceptors (Lipinski definition) is 3. The number of aryl methyl sites for hydroxylation is 1. The number of methoxy groups -OCH3 is 1. The summed E-state index contributed by atoms with van der Waals surface area (Å²) >= 11 is 0. The first-order chi connectivity index (χ1) is 19.5. The Balaban J connectivity index is 1.27. The van der Waals surface area contributed by atoms with E-state index in [1.54, 1.807) is 19.2 Å². The van der Waals surface area contributed by atoms with E-state index in [0.717, 1.165) is 106 Å². The minimum Gasteiger partial charge on any atom is -0.468 e. The molecule has 0 heterocycles. The van der Waals surface area contributed by atoms with E-state index < -0.39 is 0 Å². The van der Waals surface area contributed by atoms with Gasteiger partial charge in [0, 0.05) is 13.0 Å². The molecule has 3 nitrogen and oxygen atoms in total. The van der Waals surface area contributed by atoms with Crippen molar-refractivity contribution < 1.29 is 23.0 Å². The zero-order valence-corrected chi connectivity index (χ0v) is 24.5. The predicted octanol–water partition coefficient (Wildman–Crippen LogP) is 9.24. The summed E-state index contributed by atoms with van der Waals surface area (Å²) in [5.41, 5.74) is 3.92. The van der Waals surface area contributed by atoms with Crippen molar-refractivity contribution >= 4 is 6.47 Å². The number of ether oxygens (including phenoxy) is 2. The van der Waals surface area contributed by atoms with E-state index in [0.29, 0.717) is 37.4 Å². The molecule has 0 saturated heterocycles. The summed E-state index contributed by atoms with van der Waals surface area (Å²) in [5, 5.41) is 0. The monoisotopic (exact) mass is 554 g/mol. The van der Waals surface area contributed by atoms with Gasteiger partial charge in [0.15, 0.2) is 0 Å². The number of rotatable bonds is 14. The van der Waals surface area contributed by atoms with Crippen LogP contribution in [0.5, 0.6) is 0 Å². The Bertz CT molecular complexity index is 1050. The second-order valence-electron chi connectivity index (χ2n) is 12.3. The summed E-state index contributed by atoms with van der Waals surface area (Å²) in [5.74, 6) is 1.72. The number of hydrogen-bond donors (Lipinski definition) is 0. The molecule has 0 radical (unpaired) electrons. The maximum absolute atomic E-state index is 15.4. The smallest absolute Gasteiger partial charge is 0.293 e. The third kappa shape index (κ3) is 8.38. The fraction of sp³-hybridized carbons (Fsp3) is 0.629. The molecule has 0 amide bonds. The van der Waals surface area contributed by atoms with Gasteiger partial charge in [0.25, 0.3) is 6.47 Å². The van der Waals surface area contributed by atoms with Crippen LogP contribution in [-0.2, 0) is 20.7 Å². The van der Waals surface area contributed by atoms with Gasteiger partial charge in [-0.1, -0.05) is 44.0 Å². The topological polar surface area (TPSA) is 35.5 Å². The van der Waals surface area contributed by atoms with E-state index >= 15 is 4.39 Å². The third-order valence-electron chi connectivity index (χ3n) is 9.58. The SMILES string of the molecule is CCCCCc1ccc(C2CCC(c3ccc(C4CCC(CC(COC)COC=O)CC4)cc3F)CC2)cc1F. The second kappa shape index (κ2) is 15.7. The lowest BCUT2D eigenvalue weighted by molar-refractivity contribution is -0.130. The first kappa shape index (κ1) is 30.7. The molecule has 2 fully saturated rings. The Hall–Kier alpha value is -2.27. The van der Waals surface area contributed by atoms with Gasteiger partial charge in [0.05, 0.1) is 13.2 Å². The van der Waals surface area contributed by atoms with E-state index in [1.165, 1.54) is 0 Å². The highest BCUT2D eigenvalue weighted by molar-refractivity contribution is 5.36. The van der Waals surface area contributed by atoms with Crippen LogP contribution in [0.25, 0.3) is 0 Å². The number of unbranched alkanes of at least 4 members (excludes halogenated alkanes) is 2. The maximum Gasteiger partial charge on any atom is 0.293 e. The third-order valence-corrected chi connectivity index (χ3v) is 9.58. The Kier molecular flexibility index (Phi) is 12.0. The average molecular weight is 555 g/mol. The largest absolute Gasteiger partial charge is 0.468 e. The fourth-order valence-electron chi connectivity index (χ4n) is 7.25. The molecule has 2 saturated carbocycles. The summed E-state index contributed by atoms with van der Waals surface area (Å²) in [6, 6.07) is 11.9. The van der Waals surface area contributed by atoms with Crippen LogP contribution in [0.3, 0.4) is 0 Å². The molecule has 0 bridgehead atoms. The zero-order valence-electron chi connectivity index (χ0n) is 24.5. The average Bonchev–Trinajstić information content (AvgIpc) is 2.97. The summed E-state index contributed by atoms with van der Waals surface area (Å²) < 4.78 is 40.4. The van der Waals surface area contributed by atoms with Crippen molar-refractivity contribution in [2.45, 2.75) is 108 Å². The fourth-order valence-corrected chi connectivity index (χ4v) is 7.25. The summed E-state index contributed by atoms with van der Waals surface area (Å²) in [6.07, 6.45) is 13.3. The molecule has 2 aromatic carbocycles. The quantitative estimate of drug-likeness (QED) is 0.172. The summed E-state index contributed by atoms with van der Waals surface area (Å²) in [7, 11) is 1.68. The van der Waals surface area contributed by atoms with E-state index in [1.807, 2.05) is 12.1 Å². The highest BCUT2D eigenvalue weighted by Crippen LogP contribution is 2.43. The maximum atomic E-state index is 15.4. The van der Waals surface area contributed by atoms with Crippen LogP contribution in [0.2, 0.25) is 0 Å². The highest BCUT2D eigenvalue weighted by atomic mass is 19.1. The molecule has 5 heteroatoms. The lowest BCUT2D eigenvalue weighted by Crippen LogP contribution is -2.22. The predicted molar refractivity (Wildman–Crippen MR) is 157 cm³/mol. The zero-order chi connectivity index (χ0) is 28.3. The van der Waals surface area contributed by atoms with E-state index in [4.69, 9.17) is 9.47 Å². The molecule has 4 rings (SSSR count). The first-order valence-corrected chi connectivity index (χ1v) is 15.6. The van der Waals surface area contributed by atoms with Crippen molar-refractivity contribution in [3.05, 3.63) is 70.3 Å². The lowest BCUT2D eigenvalue weighted by atomic mass is 9.74. The molecule has 220 valence electrons. The Morgan fingerprint density at radius 1 is 0.825 bits per heavy atom. The molecule has 2 aliphatic carbocycles. The number of carbonyl (C=O) groups is 1. The number of benzene rings is 2. The van der Waals surface area contributed by atoms with Gasteiger partial charge in [-0.3, -0.25) is 4.79 Å².